The van der Waals surface area contributed by atoms with Gasteiger partial charge in [-0.2, -0.15) is 0 Å². The molecule has 2 aromatic heterocycles. The van der Waals surface area contributed by atoms with Gasteiger partial charge in [0.1, 0.15) is 0 Å². The van der Waals surface area contributed by atoms with Gasteiger partial charge in [0.15, 0.2) is 11.2 Å². The molecular weight excluding hydrogens is 360 g/mol. The molecule has 0 bridgehead atoms. The van der Waals surface area contributed by atoms with Crippen LogP contribution < -0.4 is 16.6 Å². The first-order chi connectivity index (χ1) is 12.3. The van der Waals surface area contributed by atoms with Crippen LogP contribution in [0.2, 0.25) is 0 Å². The van der Waals surface area contributed by atoms with Crippen LogP contribution >= 0.6 is 11.8 Å². The molecule has 1 aliphatic heterocycles. The Labute approximate surface area is 152 Å². The van der Waals surface area contributed by atoms with Gasteiger partial charge in [-0.1, -0.05) is 0 Å². The fourth-order valence-electron chi connectivity index (χ4n) is 2.96. The SMILES string of the molecule is CC(=O)NCC(=O)N1CCSC1Cn1cnc2c1c(=O)n(C)c(=O)n2C. The van der Waals surface area contributed by atoms with Gasteiger partial charge in [-0.25, -0.2) is 9.78 Å². The second kappa shape index (κ2) is 6.98. The van der Waals surface area contributed by atoms with E-state index in [-0.39, 0.29) is 23.7 Å². The Kier molecular flexibility index (Phi) is 4.90. The van der Waals surface area contributed by atoms with Crippen molar-refractivity contribution in [2.75, 3.05) is 18.8 Å². The summed E-state index contributed by atoms with van der Waals surface area (Å²) in [6, 6.07) is 0. The molecule has 140 valence electrons. The lowest BCUT2D eigenvalue weighted by Gasteiger charge is -2.24. The molecule has 1 atom stereocenters. The molecule has 3 rings (SSSR count). The number of nitrogens with one attached hydrogen (secondary N) is 1. The minimum atomic E-state index is -0.435. The quantitative estimate of drug-likeness (QED) is 0.689. The van der Waals surface area contributed by atoms with Gasteiger partial charge in [0, 0.05) is 33.3 Å². The number of hydrogen-bond acceptors (Lipinski definition) is 6. The van der Waals surface area contributed by atoms with E-state index in [4.69, 9.17) is 0 Å². The first-order valence-corrected chi connectivity index (χ1v) is 9.12. The van der Waals surface area contributed by atoms with Crippen LogP contribution in [0.15, 0.2) is 15.9 Å². The van der Waals surface area contributed by atoms with E-state index in [1.165, 1.54) is 24.9 Å². The van der Waals surface area contributed by atoms with E-state index >= 15 is 0 Å². The molecule has 26 heavy (non-hydrogen) atoms. The molecule has 11 heteroatoms. The fraction of sp³-hybridized carbons (Fsp3) is 0.533. The zero-order valence-electron chi connectivity index (χ0n) is 14.8. The number of fused-ring (bicyclic) bond motifs is 1. The lowest BCUT2D eigenvalue weighted by Crippen LogP contribution is -2.43. The highest BCUT2D eigenvalue weighted by atomic mass is 32.2. The van der Waals surface area contributed by atoms with E-state index < -0.39 is 11.2 Å². The van der Waals surface area contributed by atoms with Crippen molar-refractivity contribution in [1.82, 2.24) is 28.9 Å². The second-order valence-corrected chi connectivity index (χ2v) is 7.38. The van der Waals surface area contributed by atoms with E-state index in [2.05, 4.69) is 10.3 Å². The topological polar surface area (TPSA) is 111 Å². The third kappa shape index (κ3) is 3.14. The maximum atomic E-state index is 12.5. The summed E-state index contributed by atoms with van der Waals surface area (Å²) in [5, 5.41) is 2.34. The summed E-state index contributed by atoms with van der Waals surface area (Å²) in [7, 11) is 2.99. The monoisotopic (exact) mass is 380 g/mol. The van der Waals surface area contributed by atoms with Gasteiger partial charge in [0.05, 0.1) is 24.8 Å². The van der Waals surface area contributed by atoms with Crippen LogP contribution in [0.25, 0.3) is 11.2 Å². The summed E-state index contributed by atoms with van der Waals surface area (Å²) in [5.74, 6) is 0.353. The standard InChI is InChI=1S/C15H20N6O4S/c1-9(22)16-6-10(23)21-4-5-26-11(21)7-20-8-17-13-12(20)14(24)19(3)15(25)18(13)2/h8,11H,4-7H2,1-3H3,(H,16,22). The Hall–Kier alpha value is -2.56. The predicted octanol–water partition coefficient (Wildman–Crippen LogP) is -1.53. The third-order valence-electron chi connectivity index (χ3n) is 4.37. The largest absolute Gasteiger partial charge is 0.347 e. The van der Waals surface area contributed by atoms with E-state index in [0.717, 1.165) is 10.3 Å². The van der Waals surface area contributed by atoms with E-state index in [9.17, 15) is 19.2 Å². The predicted molar refractivity (Wildman–Crippen MR) is 96.9 cm³/mol. The first-order valence-electron chi connectivity index (χ1n) is 8.07. The van der Waals surface area contributed by atoms with E-state index in [1.807, 2.05) is 0 Å². The van der Waals surface area contributed by atoms with E-state index in [0.29, 0.717) is 24.3 Å². The molecular formula is C15H20N6O4S. The van der Waals surface area contributed by atoms with Gasteiger partial charge in [-0.15, -0.1) is 11.8 Å². The lowest BCUT2D eigenvalue weighted by atomic mass is 10.4. The van der Waals surface area contributed by atoms with Crippen molar-refractivity contribution in [2.24, 2.45) is 14.1 Å². The number of nitrogens with zero attached hydrogens (tertiary/aromatic N) is 5. The molecule has 0 saturated carbocycles. The molecule has 0 aromatic carbocycles. The number of hydrogen-bond donors (Lipinski definition) is 1. The normalized spacial score (nSPS) is 17.0. The summed E-state index contributed by atoms with van der Waals surface area (Å²) in [6.07, 6.45) is 1.51. The minimum Gasteiger partial charge on any atom is -0.347 e. The molecule has 0 radical (unpaired) electrons. The Morgan fingerprint density at radius 2 is 2.04 bits per heavy atom. The third-order valence-corrected chi connectivity index (χ3v) is 5.58. The van der Waals surface area contributed by atoms with Crippen molar-refractivity contribution in [3.8, 4) is 0 Å². The summed E-state index contributed by atoms with van der Waals surface area (Å²) in [5.41, 5.74) is -0.205. The molecule has 2 aromatic rings. The van der Waals surface area contributed by atoms with Crippen molar-refractivity contribution in [2.45, 2.75) is 18.8 Å². The van der Waals surface area contributed by atoms with Gasteiger partial charge in [-0.05, 0) is 0 Å². The maximum absolute atomic E-state index is 12.5. The van der Waals surface area contributed by atoms with Gasteiger partial charge in [-0.3, -0.25) is 23.5 Å². The van der Waals surface area contributed by atoms with Crippen LogP contribution in [0, 0.1) is 0 Å². The average molecular weight is 380 g/mol. The maximum Gasteiger partial charge on any atom is 0.332 e. The van der Waals surface area contributed by atoms with Crippen molar-refractivity contribution in [3.63, 3.8) is 0 Å². The molecule has 1 saturated heterocycles. The molecule has 1 fully saturated rings. The van der Waals surface area contributed by atoms with Gasteiger partial charge in [0.25, 0.3) is 5.56 Å². The lowest BCUT2D eigenvalue weighted by molar-refractivity contribution is -0.132. The number of carbonyl (C=O) groups is 2. The number of rotatable bonds is 4. The zero-order chi connectivity index (χ0) is 19.0. The van der Waals surface area contributed by atoms with Crippen LogP contribution in [-0.4, -0.2) is 59.6 Å². The summed E-state index contributed by atoms with van der Waals surface area (Å²) < 4.78 is 4.05. The Balaban J connectivity index is 1.89. The highest BCUT2D eigenvalue weighted by Gasteiger charge is 2.30. The van der Waals surface area contributed by atoms with Crippen LogP contribution in [0.1, 0.15) is 6.92 Å². The second-order valence-electron chi connectivity index (χ2n) is 6.10. The fourth-order valence-corrected chi connectivity index (χ4v) is 4.21. The van der Waals surface area contributed by atoms with Gasteiger partial charge >= 0.3 is 5.69 Å². The van der Waals surface area contributed by atoms with Crippen molar-refractivity contribution in [1.29, 1.82) is 0 Å². The molecule has 1 unspecified atom stereocenters. The molecule has 0 aliphatic carbocycles. The molecule has 3 heterocycles. The number of aryl methyl sites for hydroxylation is 1. The number of thioether (sulfide) groups is 1. The molecule has 1 aliphatic rings. The van der Waals surface area contributed by atoms with Crippen LogP contribution in [0.5, 0.6) is 0 Å². The Morgan fingerprint density at radius 1 is 1.31 bits per heavy atom. The molecule has 0 spiro atoms. The number of carbonyl (C=O) groups excluding carboxylic acids is 2. The van der Waals surface area contributed by atoms with E-state index in [1.54, 1.807) is 28.3 Å². The highest BCUT2D eigenvalue weighted by molar-refractivity contribution is 8.00. The van der Waals surface area contributed by atoms with Crippen molar-refractivity contribution in [3.05, 3.63) is 27.2 Å². The molecule has 10 nitrogen and oxygen atoms in total. The average Bonchev–Trinajstić information content (AvgIpc) is 3.23. The Morgan fingerprint density at radius 3 is 2.73 bits per heavy atom. The van der Waals surface area contributed by atoms with Crippen molar-refractivity contribution < 1.29 is 9.59 Å². The molecule has 2 amide bonds. The number of amides is 2. The van der Waals surface area contributed by atoms with Gasteiger partial charge in [0.2, 0.25) is 11.8 Å². The van der Waals surface area contributed by atoms with Crippen LogP contribution in [-0.2, 0) is 30.2 Å². The number of aromatic nitrogens is 4. The van der Waals surface area contributed by atoms with Crippen molar-refractivity contribution >= 4 is 34.7 Å². The minimum absolute atomic E-state index is 0.0483. The number of imidazole rings is 1. The smallest absolute Gasteiger partial charge is 0.332 e. The summed E-state index contributed by atoms with van der Waals surface area (Å²) in [6.45, 7) is 2.27. The Bertz CT molecular complexity index is 990. The van der Waals surface area contributed by atoms with Crippen LogP contribution in [0.3, 0.4) is 0 Å². The summed E-state index contributed by atoms with van der Waals surface area (Å²) >= 11 is 1.60. The van der Waals surface area contributed by atoms with Gasteiger partial charge < -0.3 is 14.8 Å². The molecule has 1 N–H and O–H groups in total. The highest BCUT2D eigenvalue weighted by Crippen LogP contribution is 2.25. The zero-order valence-corrected chi connectivity index (χ0v) is 15.6. The summed E-state index contributed by atoms with van der Waals surface area (Å²) in [4.78, 5) is 53.7. The first kappa shape index (κ1) is 18.2. The van der Waals surface area contributed by atoms with Crippen LogP contribution in [0.4, 0.5) is 0 Å².